The second kappa shape index (κ2) is 15.8. The van der Waals surface area contributed by atoms with Crippen LogP contribution in [0.25, 0.3) is 0 Å². The zero-order chi connectivity index (χ0) is 20.6. The zero-order valence-electron chi connectivity index (χ0n) is 18.3. The van der Waals surface area contributed by atoms with Crippen LogP contribution in [0.2, 0.25) is 0 Å². The van der Waals surface area contributed by atoms with Crippen LogP contribution in [0, 0.1) is 0 Å². The third-order valence-corrected chi connectivity index (χ3v) is 5.49. The predicted molar refractivity (Wildman–Crippen MR) is 113 cm³/mol. The van der Waals surface area contributed by atoms with Crippen molar-refractivity contribution < 1.29 is 19.4 Å². The summed E-state index contributed by atoms with van der Waals surface area (Å²) in [5.74, 6) is -0.372. The molecule has 0 aromatic rings. The molecule has 0 saturated carbocycles. The number of aliphatic carboxylic acids is 1. The first-order valence-corrected chi connectivity index (χ1v) is 11.6. The van der Waals surface area contributed by atoms with Crippen molar-refractivity contribution in [1.29, 1.82) is 0 Å². The number of nitrogens with zero attached hydrogens (tertiary/aromatic N) is 1. The molecule has 0 radical (unpaired) electrons. The Labute approximate surface area is 172 Å². The maximum atomic E-state index is 12.3. The molecule has 0 aromatic carbocycles. The van der Waals surface area contributed by atoms with Gasteiger partial charge in [-0.25, -0.2) is 0 Å². The molecular weight excluding hydrogens is 354 g/mol. The van der Waals surface area contributed by atoms with Gasteiger partial charge in [0.15, 0.2) is 0 Å². The standard InChI is InChI=1S/C23H43NO4/c1-20(2)28-21-17-18-24(19-21)22(25)15-13-11-9-7-5-3-4-6-8-10-12-14-16-23(26)27/h20-21H,3-19H2,1-2H3,(H,26,27). The van der Waals surface area contributed by atoms with E-state index in [-0.39, 0.29) is 12.2 Å². The van der Waals surface area contributed by atoms with Crippen LogP contribution >= 0.6 is 0 Å². The summed E-state index contributed by atoms with van der Waals surface area (Å²) in [6, 6.07) is 0. The monoisotopic (exact) mass is 397 g/mol. The van der Waals surface area contributed by atoms with Gasteiger partial charge in [-0.3, -0.25) is 9.59 Å². The number of carboxylic acid groups (broad SMARTS) is 1. The number of unbranched alkanes of at least 4 members (excludes halogenated alkanes) is 11. The molecule has 1 N–H and O–H groups in total. The summed E-state index contributed by atoms with van der Waals surface area (Å²) >= 11 is 0. The van der Waals surface area contributed by atoms with E-state index in [1.54, 1.807) is 0 Å². The van der Waals surface area contributed by atoms with Gasteiger partial charge in [0.05, 0.1) is 12.2 Å². The highest BCUT2D eigenvalue weighted by Gasteiger charge is 2.26. The molecule has 0 aromatic heterocycles. The lowest BCUT2D eigenvalue weighted by molar-refractivity contribution is -0.137. The highest BCUT2D eigenvalue weighted by atomic mass is 16.5. The first-order chi connectivity index (χ1) is 13.5. The minimum Gasteiger partial charge on any atom is -0.481 e. The Morgan fingerprint density at radius 1 is 0.857 bits per heavy atom. The van der Waals surface area contributed by atoms with Crippen molar-refractivity contribution in [3.63, 3.8) is 0 Å². The van der Waals surface area contributed by atoms with Crippen molar-refractivity contribution >= 4 is 11.9 Å². The molecular formula is C23H43NO4. The normalized spacial score (nSPS) is 16.8. The van der Waals surface area contributed by atoms with Crippen LogP contribution in [-0.4, -0.2) is 47.2 Å². The van der Waals surface area contributed by atoms with E-state index in [1.807, 2.05) is 4.90 Å². The van der Waals surface area contributed by atoms with Crippen LogP contribution in [-0.2, 0) is 14.3 Å². The molecule has 164 valence electrons. The average Bonchev–Trinajstić information content (AvgIpc) is 3.09. The summed E-state index contributed by atoms with van der Waals surface area (Å²) in [4.78, 5) is 24.6. The number of likely N-dealkylation sites (tertiary alicyclic amines) is 1. The number of hydrogen-bond acceptors (Lipinski definition) is 3. The van der Waals surface area contributed by atoms with Gasteiger partial charge in [0, 0.05) is 25.9 Å². The van der Waals surface area contributed by atoms with Crippen LogP contribution in [0.15, 0.2) is 0 Å². The number of rotatable bonds is 17. The predicted octanol–water partition coefficient (Wildman–Crippen LogP) is 5.56. The highest BCUT2D eigenvalue weighted by Crippen LogP contribution is 2.17. The van der Waals surface area contributed by atoms with Gasteiger partial charge in [0.1, 0.15) is 0 Å². The van der Waals surface area contributed by atoms with E-state index in [9.17, 15) is 9.59 Å². The molecule has 1 aliphatic heterocycles. The van der Waals surface area contributed by atoms with Gasteiger partial charge in [-0.05, 0) is 33.1 Å². The summed E-state index contributed by atoms with van der Waals surface area (Å²) in [5.41, 5.74) is 0. The Morgan fingerprint density at radius 2 is 1.32 bits per heavy atom. The number of hydrogen-bond donors (Lipinski definition) is 1. The molecule has 1 fully saturated rings. The second-order valence-corrected chi connectivity index (χ2v) is 8.57. The SMILES string of the molecule is CC(C)OC1CCN(C(=O)CCCCCCCCCCCCCCC(=O)O)C1. The maximum Gasteiger partial charge on any atom is 0.303 e. The van der Waals surface area contributed by atoms with E-state index < -0.39 is 5.97 Å². The minimum absolute atomic E-state index is 0.230. The van der Waals surface area contributed by atoms with Crippen LogP contribution < -0.4 is 0 Å². The fourth-order valence-corrected chi connectivity index (χ4v) is 3.93. The van der Waals surface area contributed by atoms with Gasteiger partial charge in [-0.2, -0.15) is 0 Å². The third kappa shape index (κ3) is 13.1. The van der Waals surface area contributed by atoms with Gasteiger partial charge < -0.3 is 14.7 Å². The van der Waals surface area contributed by atoms with Crippen LogP contribution in [0.4, 0.5) is 0 Å². The number of carboxylic acids is 1. The fraction of sp³-hybridized carbons (Fsp3) is 0.913. The van der Waals surface area contributed by atoms with E-state index in [4.69, 9.17) is 9.84 Å². The molecule has 1 unspecified atom stereocenters. The molecule has 1 aliphatic rings. The highest BCUT2D eigenvalue weighted by molar-refractivity contribution is 5.76. The topological polar surface area (TPSA) is 66.8 Å². The number of carbonyl (C=O) groups excluding carboxylic acids is 1. The Kier molecular flexibility index (Phi) is 14.1. The molecule has 1 amide bonds. The Hall–Kier alpha value is -1.10. The maximum absolute atomic E-state index is 12.3. The largest absolute Gasteiger partial charge is 0.481 e. The van der Waals surface area contributed by atoms with Crippen LogP contribution in [0.3, 0.4) is 0 Å². The Bertz CT molecular complexity index is 425. The zero-order valence-corrected chi connectivity index (χ0v) is 18.3. The molecule has 0 bridgehead atoms. The second-order valence-electron chi connectivity index (χ2n) is 8.57. The average molecular weight is 398 g/mol. The van der Waals surface area contributed by atoms with Gasteiger partial charge >= 0.3 is 5.97 Å². The van der Waals surface area contributed by atoms with Gasteiger partial charge in [-0.1, -0.05) is 64.2 Å². The summed E-state index contributed by atoms with van der Waals surface area (Å²) in [7, 11) is 0. The van der Waals surface area contributed by atoms with Gasteiger partial charge in [-0.15, -0.1) is 0 Å². The van der Waals surface area contributed by atoms with E-state index in [0.717, 1.165) is 45.2 Å². The quantitative estimate of drug-likeness (QED) is 0.326. The molecule has 5 nitrogen and oxygen atoms in total. The molecule has 0 aliphatic carbocycles. The molecule has 0 spiro atoms. The molecule has 1 heterocycles. The van der Waals surface area contributed by atoms with Crippen LogP contribution in [0.5, 0.6) is 0 Å². The van der Waals surface area contributed by atoms with Crippen molar-refractivity contribution in [3.8, 4) is 0 Å². The third-order valence-electron chi connectivity index (χ3n) is 5.49. The number of ether oxygens (including phenoxy) is 1. The van der Waals surface area contributed by atoms with E-state index in [0.29, 0.717) is 18.7 Å². The Balaban J connectivity index is 1.83. The van der Waals surface area contributed by atoms with Gasteiger partial charge in [0.25, 0.3) is 0 Å². The number of carbonyl (C=O) groups is 2. The summed E-state index contributed by atoms with van der Waals surface area (Å²) in [5, 5.41) is 8.58. The van der Waals surface area contributed by atoms with Crippen LogP contribution in [0.1, 0.15) is 110 Å². The lowest BCUT2D eigenvalue weighted by Gasteiger charge is -2.18. The van der Waals surface area contributed by atoms with E-state index in [1.165, 1.54) is 51.4 Å². The van der Waals surface area contributed by atoms with Gasteiger partial charge in [0.2, 0.25) is 5.91 Å². The van der Waals surface area contributed by atoms with E-state index >= 15 is 0 Å². The van der Waals surface area contributed by atoms with Crippen molar-refractivity contribution in [3.05, 3.63) is 0 Å². The first kappa shape index (κ1) is 24.9. The summed E-state index contributed by atoms with van der Waals surface area (Å²) in [6.45, 7) is 5.73. The molecule has 1 atom stereocenters. The minimum atomic E-state index is -0.676. The Morgan fingerprint density at radius 3 is 1.79 bits per heavy atom. The summed E-state index contributed by atoms with van der Waals surface area (Å²) in [6.07, 6.45) is 16.6. The van der Waals surface area contributed by atoms with Crippen molar-refractivity contribution in [1.82, 2.24) is 4.90 Å². The molecule has 1 rings (SSSR count). The van der Waals surface area contributed by atoms with E-state index in [2.05, 4.69) is 13.8 Å². The smallest absolute Gasteiger partial charge is 0.303 e. The molecule has 28 heavy (non-hydrogen) atoms. The lowest BCUT2D eigenvalue weighted by atomic mass is 10.0. The molecule has 5 heteroatoms. The first-order valence-electron chi connectivity index (χ1n) is 11.6. The fourth-order valence-electron chi connectivity index (χ4n) is 3.93. The summed E-state index contributed by atoms with van der Waals surface area (Å²) < 4.78 is 5.81. The van der Waals surface area contributed by atoms with Crippen molar-refractivity contribution in [2.75, 3.05) is 13.1 Å². The van der Waals surface area contributed by atoms with Crippen molar-refractivity contribution in [2.24, 2.45) is 0 Å². The molecule has 1 saturated heterocycles. The van der Waals surface area contributed by atoms with Crippen molar-refractivity contribution in [2.45, 2.75) is 122 Å². The lowest BCUT2D eigenvalue weighted by Crippen LogP contribution is -2.30. The number of amides is 1.